The average molecular weight is 301 g/mol. The zero-order valence-electron chi connectivity index (χ0n) is 12.4. The number of fused-ring (bicyclic) bond motifs is 1. The molecule has 0 bridgehead atoms. The summed E-state index contributed by atoms with van der Waals surface area (Å²) in [6.45, 7) is 7.41. The molecule has 0 radical (unpaired) electrons. The second kappa shape index (κ2) is 5.91. The van der Waals surface area contributed by atoms with E-state index in [4.69, 9.17) is 0 Å². The molecule has 110 valence electrons. The monoisotopic (exact) mass is 301 g/mol. The molecule has 0 aliphatic rings. The number of nitrogens with zero attached hydrogens (tertiary/aromatic N) is 4. The molecule has 2 heterocycles. The number of rotatable bonds is 5. The van der Waals surface area contributed by atoms with E-state index in [9.17, 15) is 0 Å². The van der Waals surface area contributed by atoms with Gasteiger partial charge in [-0.1, -0.05) is 13.8 Å². The van der Waals surface area contributed by atoms with Gasteiger partial charge in [0.05, 0.1) is 11.7 Å². The Labute approximate surface area is 128 Å². The number of benzene rings is 1. The van der Waals surface area contributed by atoms with E-state index >= 15 is 0 Å². The standard InChI is InChI=1S/C15H19N5S/c1-10(2)9-16-11(3)15-17-18-19-20(15)13-4-5-14-12(8-13)6-7-21-14/h4-8,10-11,16H,9H2,1-3H3. The molecule has 0 aliphatic carbocycles. The lowest BCUT2D eigenvalue weighted by Crippen LogP contribution is -2.25. The van der Waals surface area contributed by atoms with Crippen LogP contribution in [0.25, 0.3) is 15.8 Å². The maximum absolute atomic E-state index is 4.18. The van der Waals surface area contributed by atoms with Gasteiger partial charge in [0.25, 0.3) is 0 Å². The second-order valence-electron chi connectivity index (χ2n) is 5.62. The van der Waals surface area contributed by atoms with Crippen molar-refractivity contribution in [2.75, 3.05) is 6.54 Å². The van der Waals surface area contributed by atoms with Crippen LogP contribution in [0.2, 0.25) is 0 Å². The van der Waals surface area contributed by atoms with Gasteiger partial charge in [-0.2, -0.15) is 4.68 Å². The molecule has 1 aromatic carbocycles. The Hall–Kier alpha value is -1.79. The van der Waals surface area contributed by atoms with Crippen LogP contribution in [-0.4, -0.2) is 26.8 Å². The molecule has 3 aromatic rings. The van der Waals surface area contributed by atoms with E-state index in [1.54, 1.807) is 11.3 Å². The Balaban J connectivity index is 1.90. The molecule has 1 atom stereocenters. The first-order valence-corrected chi connectivity index (χ1v) is 8.02. The fraction of sp³-hybridized carbons (Fsp3) is 0.400. The Morgan fingerprint density at radius 2 is 2.10 bits per heavy atom. The number of hydrogen-bond acceptors (Lipinski definition) is 5. The van der Waals surface area contributed by atoms with E-state index in [0.29, 0.717) is 5.92 Å². The van der Waals surface area contributed by atoms with Crippen molar-refractivity contribution in [1.29, 1.82) is 0 Å². The fourth-order valence-corrected chi connectivity index (χ4v) is 3.01. The second-order valence-corrected chi connectivity index (χ2v) is 6.56. The van der Waals surface area contributed by atoms with Crippen LogP contribution in [0.5, 0.6) is 0 Å². The normalized spacial score (nSPS) is 13.1. The summed E-state index contributed by atoms with van der Waals surface area (Å²) in [6.07, 6.45) is 0. The van der Waals surface area contributed by atoms with Gasteiger partial charge in [0.15, 0.2) is 5.82 Å². The molecule has 0 spiro atoms. The van der Waals surface area contributed by atoms with Crippen LogP contribution >= 0.6 is 11.3 Å². The average Bonchev–Trinajstić information content (AvgIpc) is 3.12. The highest BCUT2D eigenvalue weighted by molar-refractivity contribution is 7.17. The Morgan fingerprint density at radius 1 is 1.24 bits per heavy atom. The SMILES string of the molecule is CC(C)CNC(C)c1nnnn1-c1ccc2sccc2c1. The number of nitrogens with one attached hydrogen (secondary N) is 1. The Kier molecular flexibility index (Phi) is 3.98. The highest BCUT2D eigenvalue weighted by Crippen LogP contribution is 2.24. The van der Waals surface area contributed by atoms with Gasteiger partial charge in [-0.05, 0) is 64.8 Å². The van der Waals surface area contributed by atoms with Crippen molar-refractivity contribution >= 4 is 21.4 Å². The lowest BCUT2D eigenvalue weighted by molar-refractivity contribution is 0.475. The molecule has 3 rings (SSSR count). The summed E-state index contributed by atoms with van der Waals surface area (Å²) in [5, 5.41) is 19.0. The highest BCUT2D eigenvalue weighted by atomic mass is 32.1. The van der Waals surface area contributed by atoms with Crippen molar-refractivity contribution in [3.63, 3.8) is 0 Å². The summed E-state index contributed by atoms with van der Waals surface area (Å²) in [5.41, 5.74) is 0.999. The van der Waals surface area contributed by atoms with Crippen LogP contribution in [0.4, 0.5) is 0 Å². The minimum atomic E-state index is 0.112. The molecule has 0 aliphatic heterocycles. The van der Waals surface area contributed by atoms with E-state index < -0.39 is 0 Å². The minimum Gasteiger partial charge on any atom is -0.307 e. The molecule has 5 nitrogen and oxygen atoms in total. The van der Waals surface area contributed by atoms with Crippen LogP contribution in [-0.2, 0) is 0 Å². The Bertz CT molecular complexity index is 730. The lowest BCUT2D eigenvalue weighted by Gasteiger charge is -2.15. The third-order valence-electron chi connectivity index (χ3n) is 3.39. The van der Waals surface area contributed by atoms with Gasteiger partial charge in [0.1, 0.15) is 0 Å². The van der Waals surface area contributed by atoms with Gasteiger partial charge in [0, 0.05) is 4.70 Å². The summed E-state index contributed by atoms with van der Waals surface area (Å²) in [6, 6.07) is 8.54. The van der Waals surface area contributed by atoms with Crippen LogP contribution in [0.15, 0.2) is 29.6 Å². The van der Waals surface area contributed by atoms with Crippen molar-refractivity contribution in [1.82, 2.24) is 25.5 Å². The van der Waals surface area contributed by atoms with Gasteiger partial charge in [-0.15, -0.1) is 16.4 Å². The summed E-state index contributed by atoms with van der Waals surface area (Å²) in [4.78, 5) is 0. The topological polar surface area (TPSA) is 55.6 Å². The molecule has 21 heavy (non-hydrogen) atoms. The van der Waals surface area contributed by atoms with E-state index in [0.717, 1.165) is 18.1 Å². The molecule has 1 N–H and O–H groups in total. The number of tetrazole rings is 1. The maximum Gasteiger partial charge on any atom is 0.173 e. The van der Waals surface area contributed by atoms with Crippen molar-refractivity contribution in [2.45, 2.75) is 26.8 Å². The predicted octanol–water partition coefficient (Wildman–Crippen LogP) is 3.18. The van der Waals surface area contributed by atoms with Crippen LogP contribution in [0, 0.1) is 5.92 Å². The van der Waals surface area contributed by atoms with Crippen LogP contribution < -0.4 is 5.32 Å². The quantitative estimate of drug-likeness (QED) is 0.786. The van der Waals surface area contributed by atoms with Crippen molar-refractivity contribution in [3.05, 3.63) is 35.5 Å². The van der Waals surface area contributed by atoms with Crippen LogP contribution in [0.3, 0.4) is 0 Å². The fourth-order valence-electron chi connectivity index (χ4n) is 2.24. The lowest BCUT2D eigenvalue weighted by atomic mass is 10.2. The molecule has 0 fully saturated rings. The highest BCUT2D eigenvalue weighted by Gasteiger charge is 2.16. The zero-order chi connectivity index (χ0) is 14.8. The number of thiophene rings is 1. The molecule has 6 heteroatoms. The largest absolute Gasteiger partial charge is 0.307 e. The Morgan fingerprint density at radius 3 is 2.90 bits per heavy atom. The summed E-state index contributed by atoms with van der Waals surface area (Å²) < 4.78 is 3.09. The van der Waals surface area contributed by atoms with E-state index in [1.165, 1.54) is 10.1 Å². The molecule has 1 unspecified atom stereocenters. The van der Waals surface area contributed by atoms with Gasteiger partial charge in [0.2, 0.25) is 0 Å². The molecule has 0 saturated heterocycles. The first-order chi connectivity index (χ1) is 10.1. The molecule has 2 aromatic heterocycles. The van der Waals surface area contributed by atoms with E-state index in [1.807, 2.05) is 4.68 Å². The van der Waals surface area contributed by atoms with Crippen molar-refractivity contribution < 1.29 is 0 Å². The van der Waals surface area contributed by atoms with E-state index in [-0.39, 0.29) is 6.04 Å². The summed E-state index contributed by atoms with van der Waals surface area (Å²) in [7, 11) is 0. The van der Waals surface area contributed by atoms with Crippen molar-refractivity contribution in [3.8, 4) is 5.69 Å². The van der Waals surface area contributed by atoms with Gasteiger partial charge >= 0.3 is 0 Å². The van der Waals surface area contributed by atoms with Gasteiger partial charge in [-0.3, -0.25) is 0 Å². The van der Waals surface area contributed by atoms with E-state index in [2.05, 4.69) is 71.3 Å². The number of aromatic nitrogens is 4. The molecule has 0 saturated carbocycles. The predicted molar refractivity (Wildman–Crippen MR) is 85.8 cm³/mol. The molecular formula is C15H19N5S. The molecular weight excluding hydrogens is 282 g/mol. The van der Waals surface area contributed by atoms with Gasteiger partial charge in [-0.25, -0.2) is 0 Å². The smallest absolute Gasteiger partial charge is 0.173 e. The molecule has 0 amide bonds. The zero-order valence-corrected chi connectivity index (χ0v) is 13.3. The third kappa shape index (κ3) is 2.96. The minimum absolute atomic E-state index is 0.112. The first-order valence-electron chi connectivity index (χ1n) is 7.14. The third-order valence-corrected chi connectivity index (χ3v) is 4.29. The summed E-state index contributed by atoms with van der Waals surface area (Å²) in [5.74, 6) is 1.43. The van der Waals surface area contributed by atoms with Crippen LogP contribution in [0.1, 0.15) is 32.6 Å². The number of hydrogen-bond donors (Lipinski definition) is 1. The maximum atomic E-state index is 4.18. The van der Waals surface area contributed by atoms with Crippen molar-refractivity contribution in [2.24, 2.45) is 5.92 Å². The van der Waals surface area contributed by atoms with Gasteiger partial charge < -0.3 is 5.32 Å². The first kappa shape index (κ1) is 14.2. The summed E-state index contributed by atoms with van der Waals surface area (Å²) >= 11 is 1.74.